The maximum atomic E-state index is 13.7. The van der Waals surface area contributed by atoms with Crippen LogP contribution in [0.2, 0.25) is 0 Å². The molecule has 0 spiro atoms. The van der Waals surface area contributed by atoms with Gasteiger partial charge in [0.15, 0.2) is 0 Å². The van der Waals surface area contributed by atoms with E-state index in [2.05, 4.69) is 48.5 Å². The number of rotatable bonds is 9. The molecule has 3 amide bonds. The van der Waals surface area contributed by atoms with Gasteiger partial charge in [0.1, 0.15) is 23.2 Å². The number of nitrogens with one attached hydrogen (secondary N) is 2. The molecule has 2 aromatic heterocycles. The molecule has 0 saturated heterocycles. The zero-order valence-electron chi connectivity index (χ0n) is 28.4. The van der Waals surface area contributed by atoms with E-state index < -0.39 is 11.9 Å². The summed E-state index contributed by atoms with van der Waals surface area (Å²) in [5, 5.41) is 5.83. The van der Waals surface area contributed by atoms with Gasteiger partial charge in [-0.15, -0.1) is 0 Å². The van der Waals surface area contributed by atoms with Crippen LogP contribution in [-0.4, -0.2) is 39.1 Å². The Morgan fingerprint density at radius 3 is 2.18 bits per heavy atom. The second kappa shape index (κ2) is 14.2. The fraction of sp³-hybridized carbons (Fsp3) is 0.171. The fourth-order valence-corrected chi connectivity index (χ4v) is 5.76. The number of benzene rings is 4. The van der Waals surface area contributed by atoms with Crippen molar-refractivity contribution in [2.45, 2.75) is 38.8 Å². The van der Waals surface area contributed by atoms with Crippen LogP contribution in [0.1, 0.15) is 64.3 Å². The lowest BCUT2D eigenvalue weighted by Crippen LogP contribution is -2.41. The van der Waals surface area contributed by atoms with Gasteiger partial charge in [0.2, 0.25) is 5.91 Å². The highest BCUT2D eigenvalue weighted by Crippen LogP contribution is 2.29. The van der Waals surface area contributed by atoms with Gasteiger partial charge in [0.05, 0.1) is 5.69 Å². The predicted molar refractivity (Wildman–Crippen MR) is 193 cm³/mol. The highest BCUT2D eigenvalue weighted by atomic mass is 19.1. The van der Waals surface area contributed by atoms with Crippen molar-refractivity contribution >= 4 is 29.1 Å². The third-order valence-corrected chi connectivity index (χ3v) is 8.54. The number of likely N-dealkylation sites (N-methyl/N-ethyl adjacent to an activating group) is 1. The number of imidazole rings is 1. The molecule has 6 aromatic rings. The third-order valence-electron chi connectivity index (χ3n) is 8.54. The number of hydrogen-bond acceptors (Lipinski definition) is 4. The molecule has 2 heterocycles. The molecule has 0 aliphatic heterocycles. The highest BCUT2D eigenvalue weighted by molar-refractivity contribution is 6.08. The van der Waals surface area contributed by atoms with Crippen molar-refractivity contribution in [1.82, 2.24) is 19.6 Å². The average molecular weight is 668 g/mol. The lowest BCUT2D eigenvalue weighted by molar-refractivity contribution is -0.132. The van der Waals surface area contributed by atoms with Crippen molar-refractivity contribution in [2.75, 3.05) is 12.4 Å². The van der Waals surface area contributed by atoms with Gasteiger partial charge >= 0.3 is 0 Å². The SMILES string of the molecule is CN(Cc1ccc(F)cc1)C(=O)[C@@H](NC(=O)c1cn2cc(NC(=O)c3ccccc3-c3ccc(C(C)(C)C)cc3)ccc2n1)c1ccccc1. The van der Waals surface area contributed by atoms with E-state index in [0.717, 1.165) is 16.7 Å². The number of nitrogens with zero attached hydrogens (tertiary/aromatic N) is 3. The number of carbonyl (C=O) groups is 3. The summed E-state index contributed by atoms with van der Waals surface area (Å²) in [4.78, 5) is 46.7. The number of pyridine rings is 1. The first-order valence-corrected chi connectivity index (χ1v) is 16.3. The normalized spacial score (nSPS) is 11.9. The maximum absolute atomic E-state index is 13.7. The minimum atomic E-state index is -0.987. The number of hydrogen-bond donors (Lipinski definition) is 2. The minimum absolute atomic E-state index is 0.0197. The molecule has 0 radical (unpaired) electrons. The quantitative estimate of drug-likeness (QED) is 0.164. The van der Waals surface area contributed by atoms with Crippen LogP contribution in [0.3, 0.4) is 0 Å². The summed E-state index contributed by atoms with van der Waals surface area (Å²) in [6.45, 7) is 6.72. The average Bonchev–Trinajstić information content (AvgIpc) is 3.55. The van der Waals surface area contributed by atoms with Crippen LogP contribution >= 0.6 is 0 Å². The lowest BCUT2D eigenvalue weighted by Gasteiger charge is -2.25. The minimum Gasteiger partial charge on any atom is -0.339 e. The molecule has 0 unspecified atom stereocenters. The van der Waals surface area contributed by atoms with Crippen molar-refractivity contribution in [3.63, 3.8) is 0 Å². The van der Waals surface area contributed by atoms with Crippen LogP contribution in [-0.2, 0) is 16.8 Å². The van der Waals surface area contributed by atoms with E-state index in [1.54, 1.807) is 78.4 Å². The molecule has 0 aliphatic carbocycles. The second-order valence-electron chi connectivity index (χ2n) is 13.3. The Morgan fingerprint density at radius 2 is 1.48 bits per heavy atom. The summed E-state index contributed by atoms with van der Waals surface area (Å²) in [6.07, 6.45) is 3.24. The Bertz CT molecular complexity index is 2150. The zero-order chi connectivity index (χ0) is 35.4. The number of aromatic nitrogens is 2. The molecule has 0 fully saturated rings. The van der Waals surface area contributed by atoms with Gasteiger partial charge in [-0.25, -0.2) is 9.37 Å². The van der Waals surface area contributed by atoms with Gasteiger partial charge in [-0.1, -0.05) is 106 Å². The van der Waals surface area contributed by atoms with Gasteiger partial charge < -0.3 is 19.9 Å². The molecule has 9 heteroatoms. The smallest absolute Gasteiger partial charge is 0.272 e. The Balaban J connectivity index is 1.19. The predicted octanol–water partition coefficient (Wildman–Crippen LogP) is 7.82. The molecule has 8 nitrogen and oxygen atoms in total. The van der Waals surface area contributed by atoms with E-state index in [-0.39, 0.29) is 35.3 Å². The second-order valence-corrected chi connectivity index (χ2v) is 13.3. The molecule has 0 bridgehead atoms. The summed E-state index contributed by atoms with van der Waals surface area (Å²) in [5.74, 6) is -1.51. The summed E-state index contributed by atoms with van der Waals surface area (Å²) < 4.78 is 15.1. The van der Waals surface area contributed by atoms with Gasteiger partial charge in [-0.2, -0.15) is 0 Å². The molecule has 252 valence electrons. The van der Waals surface area contributed by atoms with Crippen LogP contribution < -0.4 is 10.6 Å². The van der Waals surface area contributed by atoms with Crippen LogP contribution in [0, 0.1) is 5.82 Å². The molecular weight excluding hydrogens is 629 g/mol. The fourth-order valence-electron chi connectivity index (χ4n) is 5.76. The molecular formula is C41H38FN5O3. The van der Waals surface area contributed by atoms with Crippen LogP contribution in [0.5, 0.6) is 0 Å². The molecule has 4 aromatic carbocycles. The number of halogens is 1. The van der Waals surface area contributed by atoms with Gasteiger partial charge in [0.25, 0.3) is 11.8 Å². The number of amides is 3. The summed E-state index contributed by atoms with van der Waals surface area (Å²) in [7, 11) is 1.63. The molecule has 6 rings (SSSR count). The first kappa shape index (κ1) is 33.8. The topological polar surface area (TPSA) is 95.8 Å². The van der Waals surface area contributed by atoms with E-state index in [0.29, 0.717) is 22.5 Å². The standard InChI is InChI=1S/C41H38FN5O3/c1-41(2,3)30-18-16-28(17-19-30)33-12-8-9-13-34(33)38(48)43-32-22-23-36-44-35(26-47(36)25-32)39(49)45-37(29-10-6-5-7-11-29)40(50)46(4)24-27-14-20-31(42)21-15-27/h5-23,25-26,37H,24H2,1-4H3,(H,43,48)(H,45,49)/t37-/m0/s1. The van der Waals surface area contributed by atoms with Gasteiger partial charge in [0, 0.05) is 31.5 Å². The van der Waals surface area contributed by atoms with Crippen molar-refractivity contribution < 1.29 is 18.8 Å². The molecule has 50 heavy (non-hydrogen) atoms. The monoisotopic (exact) mass is 667 g/mol. The molecule has 0 aliphatic rings. The van der Waals surface area contributed by atoms with E-state index >= 15 is 0 Å². The molecule has 1 atom stereocenters. The Hall–Kier alpha value is -6.09. The van der Waals surface area contributed by atoms with E-state index in [4.69, 9.17) is 0 Å². The first-order valence-electron chi connectivity index (χ1n) is 16.3. The van der Waals surface area contributed by atoms with Crippen molar-refractivity contribution in [1.29, 1.82) is 0 Å². The highest BCUT2D eigenvalue weighted by Gasteiger charge is 2.27. The zero-order valence-corrected chi connectivity index (χ0v) is 28.4. The van der Waals surface area contributed by atoms with E-state index in [1.165, 1.54) is 22.6 Å². The van der Waals surface area contributed by atoms with Crippen molar-refractivity contribution in [3.8, 4) is 11.1 Å². The molecule has 0 saturated carbocycles. The largest absolute Gasteiger partial charge is 0.339 e. The summed E-state index contributed by atoms with van der Waals surface area (Å²) in [6, 6.07) is 33.1. The van der Waals surface area contributed by atoms with E-state index in [9.17, 15) is 18.8 Å². The number of carbonyl (C=O) groups excluding carboxylic acids is 3. The van der Waals surface area contributed by atoms with Gasteiger partial charge in [-0.3, -0.25) is 14.4 Å². The Morgan fingerprint density at radius 1 is 0.800 bits per heavy atom. The van der Waals surface area contributed by atoms with E-state index in [1.807, 2.05) is 36.4 Å². The molecule has 2 N–H and O–H groups in total. The van der Waals surface area contributed by atoms with Crippen LogP contribution in [0.15, 0.2) is 128 Å². The third kappa shape index (κ3) is 7.63. The number of anilines is 1. The first-order chi connectivity index (χ1) is 24.0. The van der Waals surface area contributed by atoms with Crippen molar-refractivity contribution in [2.24, 2.45) is 0 Å². The summed E-state index contributed by atoms with van der Waals surface area (Å²) in [5.41, 5.74) is 5.99. The Labute approximate surface area is 290 Å². The Kier molecular flexibility index (Phi) is 9.58. The summed E-state index contributed by atoms with van der Waals surface area (Å²) >= 11 is 0. The van der Waals surface area contributed by atoms with Crippen LogP contribution in [0.25, 0.3) is 16.8 Å². The lowest BCUT2D eigenvalue weighted by atomic mass is 9.86. The van der Waals surface area contributed by atoms with Crippen molar-refractivity contribution in [3.05, 3.63) is 161 Å². The number of fused-ring (bicyclic) bond motifs is 1. The maximum Gasteiger partial charge on any atom is 0.272 e. The van der Waals surface area contributed by atoms with Gasteiger partial charge in [-0.05, 0) is 63.6 Å². The van der Waals surface area contributed by atoms with Crippen LogP contribution in [0.4, 0.5) is 10.1 Å².